The molecule has 4 heterocycles. The number of aliphatic hydroxyl groups excluding tert-OH is 1. The van der Waals surface area contributed by atoms with Gasteiger partial charge in [0, 0.05) is 24.3 Å². The van der Waals surface area contributed by atoms with Crippen LogP contribution in [0.25, 0.3) is 4.96 Å². The van der Waals surface area contributed by atoms with Crippen LogP contribution in [0, 0.1) is 5.92 Å². The summed E-state index contributed by atoms with van der Waals surface area (Å²) in [5.41, 5.74) is 1.29. The maximum atomic E-state index is 12.9. The van der Waals surface area contributed by atoms with Gasteiger partial charge in [-0.1, -0.05) is 0 Å². The minimum atomic E-state index is -0.521. The average Bonchev–Trinajstić information content (AvgIpc) is 3.22. The molecule has 0 spiro atoms. The van der Waals surface area contributed by atoms with Crippen LogP contribution in [-0.2, 0) is 13.1 Å². The summed E-state index contributed by atoms with van der Waals surface area (Å²) < 4.78 is 3.24. The molecule has 0 radical (unpaired) electrons. The Morgan fingerprint density at radius 3 is 3.00 bits per heavy atom. The number of carbonyl (C=O) groups excluding carboxylic acids is 1. The Balaban J connectivity index is 1.42. The Kier molecular flexibility index (Phi) is 3.47. The van der Waals surface area contributed by atoms with E-state index in [9.17, 15) is 14.7 Å². The van der Waals surface area contributed by atoms with Gasteiger partial charge in [-0.25, -0.2) is 4.98 Å². The summed E-state index contributed by atoms with van der Waals surface area (Å²) >= 11 is 1.35. The Hall–Kier alpha value is -2.52. The average molecular weight is 371 g/mol. The Labute approximate surface area is 152 Å². The summed E-state index contributed by atoms with van der Waals surface area (Å²) in [6.07, 6.45) is 4.55. The van der Waals surface area contributed by atoms with Crippen molar-refractivity contribution in [2.75, 3.05) is 6.54 Å². The van der Waals surface area contributed by atoms with Crippen LogP contribution in [-0.4, -0.2) is 41.6 Å². The van der Waals surface area contributed by atoms with E-state index in [4.69, 9.17) is 0 Å². The number of nitrogens with zero attached hydrogens (tertiary/aromatic N) is 5. The van der Waals surface area contributed by atoms with Gasteiger partial charge in [-0.2, -0.15) is 5.10 Å². The summed E-state index contributed by atoms with van der Waals surface area (Å²) in [5, 5.41) is 16.5. The Morgan fingerprint density at radius 1 is 1.35 bits per heavy atom. The van der Waals surface area contributed by atoms with Crippen LogP contribution < -0.4 is 5.56 Å². The molecule has 0 saturated heterocycles. The van der Waals surface area contributed by atoms with Gasteiger partial charge >= 0.3 is 0 Å². The van der Waals surface area contributed by atoms with Gasteiger partial charge in [0.05, 0.1) is 24.5 Å². The first kappa shape index (κ1) is 15.7. The van der Waals surface area contributed by atoms with Crippen LogP contribution in [0.5, 0.6) is 0 Å². The van der Waals surface area contributed by atoms with E-state index in [1.54, 1.807) is 16.5 Å². The number of aromatic nitrogens is 4. The summed E-state index contributed by atoms with van der Waals surface area (Å²) in [5.74, 6) is -0.00649. The molecule has 8 nitrogen and oxygen atoms in total. The molecule has 0 bridgehead atoms. The van der Waals surface area contributed by atoms with Crippen molar-refractivity contribution in [1.29, 1.82) is 0 Å². The first-order valence-corrected chi connectivity index (χ1v) is 9.48. The molecule has 1 aliphatic carbocycles. The molecule has 26 heavy (non-hydrogen) atoms. The maximum Gasteiger partial charge on any atom is 0.271 e. The van der Waals surface area contributed by atoms with Crippen LogP contribution in [0.15, 0.2) is 28.6 Å². The van der Waals surface area contributed by atoms with Crippen molar-refractivity contribution in [2.24, 2.45) is 5.92 Å². The predicted molar refractivity (Wildman–Crippen MR) is 94.0 cm³/mol. The van der Waals surface area contributed by atoms with E-state index < -0.39 is 6.10 Å². The molecule has 1 atom stereocenters. The monoisotopic (exact) mass is 371 g/mol. The lowest BCUT2D eigenvalue weighted by molar-refractivity contribution is 0.0703. The summed E-state index contributed by atoms with van der Waals surface area (Å²) in [6.45, 7) is 1.39. The summed E-state index contributed by atoms with van der Waals surface area (Å²) in [4.78, 5) is 31.8. The highest BCUT2D eigenvalue weighted by Gasteiger charge is 2.34. The number of carbonyl (C=O) groups is 1. The topological polar surface area (TPSA) is 92.7 Å². The fourth-order valence-corrected chi connectivity index (χ4v) is 4.08. The highest BCUT2D eigenvalue weighted by Crippen LogP contribution is 2.40. The Bertz CT molecular complexity index is 1060. The van der Waals surface area contributed by atoms with Crippen molar-refractivity contribution >= 4 is 22.2 Å². The summed E-state index contributed by atoms with van der Waals surface area (Å²) in [7, 11) is 0. The van der Waals surface area contributed by atoms with E-state index in [0.717, 1.165) is 18.5 Å². The molecule has 1 fully saturated rings. The van der Waals surface area contributed by atoms with Crippen molar-refractivity contribution in [3.8, 4) is 0 Å². The zero-order valence-electron chi connectivity index (χ0n) is 13.9. The number of amides is 1. The highest BCUT2D eigenvalue weighted by atomic mass is 32.1. The number of hydrogen-bond donors (Lipinski definition) is 1. The second-order valence-corrected chi connectivity index (χ2v) is 7.70. The zero-order valence-corrected chi connectivity index (χ0v) is 14.7. The third-order valence-electron chi connectivity index (χ3n) is 5.05. The lowest BCUT2D eigenvalue weighted by Crippen LogP contribution is -2.40. The number of rotatable bonds is 3. The number of hydrogen-bond acceptors (Lipinski definition) is 6. The second-order valence-electron chi connectivity index (χ2n) is 6.83. The minimum absolute atomic E-state index is 0.0760. The number of thiazole rings is 1. The quantitative estimate of drug-likeness (QED) is 0.743. The molecule has 1 amide bonds. The molecule has 134 valence electrons. The van der Waals surface area contributed by atoms with Gasteiger partial charge in [0.25, 0.3) is 11.5 Å². The molecule has 3 aromatic heterocycles. The molecule has 1 aliphatic heterocycles. The van der Waals surface area contributed by atoms with Gasteiger partial charge in [-0.05, 0) is 24.8 Å². The number of fused-ring (bicyclic) bond motifs is 2. The number of aliphatic hydroxyl groups is 1. The Morgan fingerprint density at radius 2 is 2.19 bits per heavy atom. The lowest BCUT2D eigenvalue weighted by Gasteiger charge is -2.27. The van der Waals surface area contributed by atoms with Gasteiger partial charge in [-0.3, -0.25) is 18.7 Å². The van der Waals surface area contributed by atoms with Crippen LogP contribution in [0.4, 0.5) is 0 Å². The van der Waals surface area contributed by atoms with Crippen LogP contribution >= 0.6 is 11.3 Å². The van der Waals surface area contributed by atoms with E-state index >= 15 is 0 Å². The smallest absolute Gasteiger partial charge is 0.271 e. The van der Waals surface area contributed by atoms with E-state index in [0.29, 0.717) is 36.2 Å². The molecular formula is C17H17N5O3S. The van der Waals surface area contributed by atoms with Crippen molar-refractivity contribution in [1.82, 2.24) is 24.1 Å². The lowest BCUT2D eigenvalue weighted by atomic mass is 10.1. The standard InChI is InChI=1S/C17H17N5O3S/c23-14(10-1-2-10)13-7-11-9-20(3-4-22(11)19-13)15(24)12-8-18-17-21(16(12)25)5-6-26-17/h5-8,10,14,23H,1-4,9H2/t14-/m1/s1. The molecule has 3 aromatic rings. The molecule has 1 saturated carbocycles. The van der Waals surface area contributed by atoms with Crippen molar-refractivity contribution in [3.63, 3.8) is 0 Å². The van der Waals surface area contributed by atoms with Crippen molar-refractivity contribution < 1.29 is 9.90 Å². The van der Waals surface area contributed by atoms with Crippen LogP contribution in [0.1, 0.15) is 40.7 Å². The predicted octanol–water partition coefficient (Wildman–Crippen LogP) is 1.05. The second kappa shape index (κ2) is 5.75. The molecule has 9 heteroatoms. The highest BCUT2D eigenvalue weighted by molar-refractivity contribution is 7.15. The third-order valence-corrected chi connectivity index (χ3v) is 5.82. The summed E-state index contributed by atoms with van der Waals surface area (Å²) in [6, 6.07) is 1.87. The maximum absolute atomic E-state index is 12.9. The minimum Gasteiger partial charge on any atom is -0.386 e. The van der Waals surface area contributed by atoms with E-state index in [2.05, 4.69) is 10.1 Å². The molecule has 2 aliphatic rings. The van der Waals surface area contributed by atoms with Gasteiger partial charge in [0.1, 0.15) is 11.7 Å². The fourth-order valence-electron chi connectivity index (χ4n) is 3.40. The molecule has 5 rings (SSSR count). The van der Waals surface area contributed by atoms with Gasteiger partial charge in [0.2, 0.25) is 0 Å². The van der Waals surface area contributed by atoms with Gasteiger partial charge in [-0.15, -0.1) is 11.3 Å². The fraction of sp³-hybridized carbons (Fsp3) is 0.412. The van der Waals surface area contributed by atoms with Gasteiger partial charge in [0.15, 0.2) is 4.96 Å². The third kappa shape index (κ3) is 2.46. The largest absolute Gasteiger partial charge is 0.386 e. The first-order valence-electron chi connectivity index (χ1n) is 8.60. The molecule has 0 aromatic carbocycles. The van der Waals surface area contributed by atoms with Gasteiger partial charge < -0.3 is 10.0 Å². The normalized spacial score (nSPS) is 18.1. The SMILES string of the molecule is O=C(c1cnc2sccn2c1=O)N1CCn2nc([C@H](O)C3CC3)cc2C1. The first-order chi connectivity index (χ1) is 12.6. The zero-order chi connectivity index (χ0) is 17.8. The van der Waals surface area contributed by atoms with Crippen LogP contribution in [0.2, 0.25) is 0 Å². The molecular weight excluding hydrogens is 354 g/mol. The van der Waals surface area contributed by atoms with E-state index in [-0.39, 0.29) is 17.0 Å². The van der Waals surface area contributed by atoms with Crippen molar-refractivity contribution in [3.05, 3.63) is 51.1 Å². The van der Waals surface area contributed by atoms with E-state index in [1.807, 2.05) is 10.7 Å². The molecule has 0 unspecified atom stereocenters. The van der Waals surface area contributed by atoms with Crippen LogP contribution in [0.3, 0.4) is 0 Å². The molecule has 1 N–H and O–H groups in total. The van der Waals surface area contributed by atoms with Crippen molar-refractivity contribution in [2.45, 2.75) is 32.0 Å². The van der Waals surface area contributed by atoms with E-state index in [1.165, 1.54) is 21.9 Å².